The summed E-state index contributed by atoms with van der Waals surface area (Å²) >= 11 is 0. The average molecular weight is 371 g/mol. The molecule has 146 valence electrons. The Balaban J connectivity index is 1.28. The van der Waals surface area contributed by atoms with Gasteiger partial charge in [0.2, 0.25) is 5.91 Å². The summed E-state index contributed by atoms with van der Waals surface area (Å²) in [7, 11) is 0. The zero-order chi connectivity index (χ0) is 18.6. The van der Waals surface area contributed by atoms with Gasteiger partial charge in [-0.05, 0) is 50.9 Å². The lowest BCUT2D eigenvalue weighted by Gasteiger charge is -2.40. The van der Waals surface area contributed by atoms with Crippen LogP contribution >= 0.6 is 0 Å². The minimum atomic E-state index is -0.0784. The van der Waals surface area contributed by atoms with Crippen molar-refractivity contribution in [2.45, 2.75) is 44.6 Å². The molecule has 2 fully saturated rings. The van der Waals surface area contributed by atoms with Crippen molar-refractivity contribution in [1.82, 2.24) is 9.80 Å². The Hall–Kier alpha value is -2.08. The van der Waals surface area contributed by atoms with Gasteiger partial charge in [-0.15, -0.1) is 0 Å². The van der Waals surface area contributed by atoms with Crippen LogP contribution < -0.4 is 9.64 Å². The third-order valence-electron chi connectivity index (χ3n) is 6.08. The first-order valence-electron chi connectivity index (χ1n) is 10.3. The molecule has 0 bridgehead atoms. The van der Waals surface area contributed by atoms with E-state index < -0.39 is 0 Å². The van der Waals surface area contributed by atoms with E-state index in [2.05, 4.69) is 4.90 Å². The van der Waals surface area contributed by atoms with Crippen molar-refractivity contribution >= 4 is 17.5 Å². The fourth-order valence-corrected chi connectivity index (χ4v) is 4.53. The van der Waals surface area contributed by atoms with Gasteiger partial charge in [0.1, 0.15) is 5.75 Å². The summed E-state index contributed by atoms with van der Waals surface area (Å²) in [5.41, 5.74) is 0.769. The Morgan fingerprint density at radius 3 is 2.56 bits per heavy atom. The lowest BCUT2D eigenvalue weighted by atomic mass is 9.99. The number of para-hydroxylation sites is 2. The summed E-state index contributed by atoms with van der Waals surface area (Å²) in [6.45, 7) is 4.59. The molecule has 27 heavy (non-hydrogen) atoms. The number of fused-ring (bicyclic) bond motifs is 1. The number of hydrogen-bond donors (Lipinski definition) is 0. The molecule has 4 rings (SSSR count). The Morgan fingerprint density at radius 1 is 1.04 bits per heavy atom. The first kappa shape index (κ1) is 18.3. The van der Waals surface area contributed by atoms with E-state index in [1.54, 1.807) is 4.90 Å². The Morgan fingerprint density at radius 2 is 1.78 bits per heavy atom. The second-order valence-corrected chi connectivity index (χ2v) is 7.76. The Labute approximate surface area is 161 Å². The molecule has 0 radical (unpaired) electrons. The van der Waals surface area contributed by atoms with E-state index in [1.807, 2.05) is 29.2 Å². The lowest BCUT2D eigenvalue weighted by Crippen LogP contribution is -2.49. The van der Waals surface area contributed by atoms with Gasteiger partial charge in [-0.25, -0.2) is 0 Å². The number of rotatable bonds is 4. The summed E-state index contributed by atoms with van der Waals surface area (Å²) in [5.74, 6) is 0.793. The SMILES string of the molecule is O=C(CCN1C(=O)COc2ccccc21)N1CCC(N2CCCCC2)CC1. The van der Waals surface area contributed by atoms with E-state index >= 15 is 0 Å². The standard InChI is InChI=1S/C21H29N3O3/c25-20(23-13-8-17(9-14-23)22-11-4-1-5-12-22)10-15-24-18-6-2-3-7-19(18)27-16-21(24)26/h2-3,6-7,17H,1,4-5,8-16H2. The minimum Gasteiger partial charge on any atom is -0.482 e. The van der Waals surface area contributed by atoms with E-state index in [1.165, 1.54) is 32.4 Å². The van der Waals surface area contributed by atoms with Gasteiger partial charge in [-0.2, -0.15) is 0 Å². The van der Waals surface area contributed by atoms with Crippen molar-refractivity contribution in [2.75, 3.05) is 44.2 Å². The van der Waals surface area contributed by atoms with Gasteiger partial charge in [0, 0.05) is 32.1 Å². The Kier molecular flexibility index (Phi) is 5.62. The highest BCUT2D eigenvalue weighted by molar-refractivity contribution is 5.98. The van der Waals surface area contributed by atoms with Crippen LogP contribution in [0.2, 0.25) is 0 Å². The number of anilines is 1. The van der Waals surface area contributed by atoms with E-state index in [-0.39, 0.29) is 18.4 Å². The Bertz CT molecular complexity index is 679. The van der Waals surface area contributed by atoms with E-state index in [9.17, 15) is 9.59 Å². The van der Waals surface area contributed by atoms with Crippen LogP contribution in [0.5, 0.6) is 5.75 Å². The lowest BCUT2D eigenvalue weighted by molar-refractivity contribution is -0.132. The molecule has 0 N–H and O–H groups in total. The van der Waals surface area contributed by atoms with Gasteiger partial charge in [0.05, 0.1) is 5.69 Å². The van der Waals surface area contributed by atoms with Crippen LogP contribution in [0.3, 0.4) is 0 Å². The number of carbonyl (C=O) groups is 2. The van der Waals surface area contributed by atoms with Crippen molar-refractivity contribution in [3.63, 3.8) is 0 Å². The maximum atomic E-state index is 12.7. The molecule has 0 atom stereocenters. The van der Waals surface area contributed by atoms with Crippen LogP contribution in [0.15, 0.2) is 24.3 Å². The van der Waals surface area contributed by atoms with Gasteiger partial charge in [0.15, 0.2) is 6.61 Å². The van der Waals surface area contributed by atoms with Crippen LogP contribution in [0.1, 0.15) is 38.5 Å². The molecule has 1 aromatic carbocycles. The van der Waals surface area contributed by atoms with Crippen LogP contribution in [0, 0.1) is 0 Å². The van der Waals surface area contributed by atoms with Crippen molar-refractivity contribution in [3.8, 4) is 5.75 Å². The molecule has 0 saturated carbocycles. The van der Waals surface area contributed by atoms with Crippen LogP contribution in [0.25, 0.3) is 0 Å². The molecule has 1 aromatic rings. The van der Waals surface area contributed by atoms with Crippen LogP contribution in [-0.4, -0.2) is 67.0 Å². The van der Waals surface area contributed by atoms with E-state index in [4.69, 9.17) is 4.74 Å². The number of hydrogen-bond acceptors (Lipinski definition) is 4. The van der Waals surface area contributed by atoms with Crippen molar-refractivity contribution in [3.05, 3.63) is 24.3 Å². The fraction of sp³-hybridized carbons (Fsp3) is 0.619. The first-order chi connectivity index (χ1) is 13.2. The third kappa shape index (κ3) is 4.10. The number of nitrogens with zero attached hydrogens (tertiary/aromatic N) is 3. The number of amides is 2. The summed E-state index contributed by atoms with van der Waals surface area (Å²) in [4.78, 5) is 31.2. The normalized spacial score (nSPS) is 21.7. The van der Waals surface area contributed by atoms with E-state index in [0.717, 1.165) is 31.6 Å². The number of benzene rings is 1. The molecule has 0 aliphatic carbocycles. The highest BCUT2D eigenvalue weighted by atomic mass is 16.5. The average Bonchev–Trinajstić information content (AvgIpc) is 2.73. The number of piperidine rings is 2. The highest BCUT2D eigenvalue weighted by Crippen LogP contribution is 2.31. The van der Waals surface area contributed by atoms with Gasteiger partial charge >= 0.3 is 0 Å². The molecule has 3 aliphatic rings. The summed E-state index contributed by atoms with van der Waals surface area (Å²) in [5, 5.41) is 0. The molecule has 3 heterocycles. The number of carbonyl (C=O) groups excluding carboxylic acids is 2. The smallest absolute Gasteiger partial charge is 0.265 e. The molecule has 0 spiro atoms. The minimum absolute atomic E-state index is 0.0480. The topological polar surface area (TPSA) is 53.1 Å². The molecule has 2 amide bonds. The number of ether oxygens (including phenoxy) is 1. The molecule has 0 unspecified atom stereocenters. The number of likely N-dealkylation sites (tertiary alicyclic amines) is 2. The quantitative estimate of drug-likeness (QED) is 0.815. The second kappa shape index (κ2) is 8.30. The van der Waals surface area contributed by atoms with Gasteiger partial charge in [-0.3, -0.25) is 9.59 Å². The summed E-state index contributed by atoms with van der Waals surface area (Å²) in [6.07, 6.45) is 6.50. The van der Waals surface area contributed by atoms with Crippen LogP contribution in [-0.2, 0) is 9.59 Å². The second-order valence-electron chi connectivity index (χ2n) is 7.76. The molecule has 3 aliphatic heterocycles. The largest absolute Gasteiger partial charge is 0.482 e. The van der Waals surface area contributed by atoms with Crippen molar-refractivity contribution in [1.29, 1.82) is 0 Å². The summed E-state index contributed by atoms with van der Waals surface area (Å²) < 4.78 is 5.47. The third-order valence-corrected chi connectivity index (χ3v) is 6.08. The van der Waals surface area contributed by atoms with Crippen molar-refractivity contribution < 1.29 is 14.3 Å². The monoisotopic (exact) mass is 371 g/mol. The van der Waals surface area contributed by atoms with Gasteiger partial charge < -0.3 is 19.4 Å². The zero-order valence-corrected chi connectivity index (χ0v) is 15.9. The molecular weight excluding hydrogens is 342 g/mol. The van der Waals surface area contributed by atoms with Crippen LogP contribution in [0.4, 0.5) is 5.69 Å². The maximum absolute atomic E-state index is 12.7. The first-order valence-corrected chi connectivity index (χ1v) is 10.3. The molecule has 2 saturated heterocycles. The summed E-state index contributed by atoms with van der Waals surface area (Å²) in [6, 6.07) is 8.16. The fourth-order valence-electron chi connectivity index (χ4n) is 4.53. The van der Waals surface area contributed by atoms with E-state index in [0.29, 0.717) is 24.8 Å². The predicted octanol–water partition coefficient (Wildman–Crippen LogP) is 2.28. The molecular formula is C21H29N3O3. The predicted molar refractivity (Wildman–Crippen MR) is 104 cm³/mol. The van der Waals surface area contributed by atoms with Gasteiger partial charge in [-0.1, -0.05) is 18.6 Å². The highest BCUT2D eigenvalue weighted by Gasteiger charge is 2.29. The molecule has 0 aromatic heterocycles. The van der Waals surface area contributed by atoms with Gasteiger partial charge in [0.25, 0.3) is 5.91 Å². The zero-order valence-electron chi connectivity index (χ0n) is 15.9. The van der Waals surface area contributed by atoms with Crippen molar-refractivity contribution in [2.24, 2.45) is 0 Å². The molecule has 6 heteroatoms. The molecule has 6 nitrogen and oxygen atoms in total. The maximum Gasteiger partial charge on any atom is 0.265 e.